The molecule has 0 fully saturated rings. The first kappa shape index (κ1) is 21.8. The normalized spacial score (nSPS) is 12.2. The van der Waals surface area contributed by atoms with E-state index in [0.29, 0.717) is 5.56 Å². The average Bonchev–Trinajstić information content (AvgIpc) is 3.79. The summed E-state index contributed by atoms with van der Waals surface area (Å²) in [5.41, 5.74) is 6.16. The van der Waals surface area contributed by atoms with Crippen molar-refractivity contribution in [1.82, 2.24) is 19.9 Å². The fourth-order valence-electron chi connectivity index (χ4n) is 6.41. The maximum absolute atomic E-state index is 15.5. The van der Waals surface area contributed by atoms with E-state index in [2.05, 4.69) is 56.3 Å². The van der Waals surface area contributed by atoms with E-state index in [1.54, 1.807) is 0 Å². The van der Waals surface area contributed by atoms with Gasteiger partial charge in [0.25, 0.3) is 0 Å². The zero-order valence-electron chi connectivity index (χ0n) is 21.0. The molecule has 8 rings (SSSR count). The van der Waals surface area contributed by atoms with Crippen LogP contribution in [0.5, 0.6) is 0 Å². The van der Waals surface area contributed by atoms with Crippen molar-refractivity contribution in [3.63, 3.8) is 0 Å². The highest BCUT2D eigenvalue weighted by molar-refractivity contribution is 6.20. The predicted molar refractivity (Wildman–Crippen MR) is 157 cm³/mol. The second-order valence-corrected chi connectivity index (χ2v) is 10.1. The van der Waals surface area contributed by atoms with Gasteiger partial charge in [0.15, 0.2) is 5.78 Å². The monoisotopic (exact) mass is 504 g/mol. The molecule has 0 amide bonds. The maximum atomic E-state index is 15.5. The molecule has 4 N–H and O–H groups in total. The molecule has 5 nitrogen and oxygen atoms in total. The number of ketones is 1. The van der Waals surface area contributed by atoms with Crippen LogP contribution in [-0.4, -0.2) is 25.7 Å². The molecule has 0 unspecified atom stereocenters. The van der Waals surface area contributed by atoms with Gasteiger partial charge in [0.1, 0.15) is 5.41 Å². The molecule has 0 aliphatic heterocycles. The first-order valence-corrected chi connectivity index (χ1v) is 13.1. The lowest BCUT2D eigenvalue weighted by molar-refractivity contribution is 0.0939. The van der Waals surface area contributed by atoms with Gasteiger partial charge in [0, 0.05) is 90.7 Å². The summed E-state index contributed by atoms with van der Waals surface area (Å²) in [5, 5.41) is 3.95. The summed E-state index contributed by atoms with van der Waals surface area (Å²) >= 11 is 0. The molecule has 0 atom stereocenters. The van der Waals surface area contributed by atoms with Gasteiger partial charge in [-0.2, -0.15) is 0 Å². The van der Waals surface area contributed by atoms with Gasteiger partial charge in [-0.15, -0.1) is 0 Å². The van der Waals surface area contributed by atoms with E-state index in [0.717, 1.165) is 60.3 Å². The van der Waals surface area contributed by atoms with Crippen LogP contribution in [0.25, 0.3) is 43.6 Å². The third-order valence-corrected chi connectivity index (χ3v) is 8.15. The number of hydrogen-bond donors (Lipinski definition) is 4. The number of carbonyl (C=O) groups excluding carboxylic acids is 1. The summed E-state index contributed by atoms with van der Waals surface area (Å²) in [5.74, 6) is 0.0132. The molecule has 4 heterocycles. The van der Waals surface area contributed by atoms with Crippen molar-refractivity contribution in [2.45, 2.75) is 5.41 Å². The summed E-state index contributed by atoms with van der Waals surface area (Å²) in [4.78, 5) is 29.3. The lowest BCUT2D eigenvalue weighted by Crippen LogP contribution is -2.38. The van der Waals surface area contributed by atoms with Gasteiger partial charge in [-0.1, -0.05) is 72.8 Å². The van der Waals surface area contributed by atoms with Crippen LogP contribution in [0.1, 0.15) is 27.0 Å². The van der Waals surface area contributed by atoms with Gasteiger partial charge in [0.05, 0.1) is 0 Å². The van der Waals surface area contributed by atoms with E-state index >= 15 is 4.79 Å². The minimum absolute atomic E-state index is 0.0132. The Morgan fingerprint density at radius 1 is 0.436 bits per heavy atom. The highest BCUT2D eigenvalue weighted by Gasteiger charge is 2.49. The van der Waals surface area contributed by atoms with Crippen molar-refractivity contribution in [3.8, 4) is 0 Å². The minimum Gasteiger partial charge on any atom is -0.361 e. The molecular formula is C34H24N4O. The molecular weight excluding hydrogens is 480 g/mol. The fraction of sp³-hybridized carbons (Fsp3) is 0.0294. The number of para-hydroxylation sites is 4. The lowest BCUT2D eigenvalue weighted by Gasteiger charge is -2.33. The molecule has 186 valence electrons. The number of fused-ring (bicyclic) bond motifs is 4. The lowest BCUT2D eigenvalue weighted by atomic mass is 9.65. The molecule has 8 aromatic rings. The van der Waals surface area contributed by atoms with Crippen LogP contribution in [0, 0.1) is 0 Å². The smallest absolute Gasteiger partial charge is 0.184 e. The van der Waals surface area contributed by atoms with E-state index in [1.165, 1.54) is 0 Å². The van der Waals surface area contributed by atoms with Crippen molar-refractivity contribution in [1.29, 1.82) is 0 Å². The van der Waals surface area contributed by atoms with Gasteiger partial charge in [-0.3, -0.25) is 4.79 Å². The Balaban J connectivity index is 1.59. The molecule has 0 spiro atoms. The number of hydrogen-bond acceptors (Lipinski definition) is 1. The standard InChI is InChI=1S/C34H24N4O/c39-33(25-17-35-29-13-5-1-9-21(25)29)34(26-18-36-30-14-6-2-10-22(26)30,27-19-37-31-15-7-3-11-23(27)31)28-20-38-32-16-8-4-12-24(28)32/h1-20,35-38H. The number of benzene rings is 4. The number of H-pyrrole nitrogens is 4. The molecule has 0 saturated heterocycles. The van der Waals surface area contributed by atoms with E-state index in [-0.39, 0.29) is 5.78 Å². The number of nitrogens with one attached hydrogen (secondary N) is 4. The molecule has 5 heteroatoms. The highest BCUT2D eigenvalue weighted by atomic mass is 16.1. The van der Waals surface area contributed by atoms with Gasteiger partial charge >= 0.3 is 0 Å². The highest BCUT2D eigenvalue weighted by Crippen LogP contribution is 2.49. The van der Waals surface area contributed by atoms with E-state index in [9.17, 15) is 0 Å². The first-order valence-electron chi connectivity index (χ1n) is 13.1. The Bertz CT molecular complexity index is 1990. The number of carbonyl (C=O) groups is 1. The Hall–Kier alpha value is -5.29. The third kappa shape index (κ3) is 2.92. The van der Waals surface area contributed by atoms with Crippen molar-refractivity contribution < 1.29 is 4.79 Å². The van der Waals surface area contributed by atoms with Crippen molar-refractivity contribution in [2.75, 3.05) is 0 Å². The Kier molecular flexibility index (Phi) is 4.52. The molecule has 0 bridgehead atoms. The average molecular weight is 505 g/mol. The predicted octanol–water partition coefficient (Wildman–Crippen LogP) is 7.83. The molecule has 4 aromatic heterocycles. The molecule has 4 aromatic carbocycles. The van der Waals surface area contributed by atoms with Crippen LogP contribution >= 0.6 is 0 Å². The van der Waals surface area contributed by atoms with Crippen LogP contribution in [0.4, 0.5) is 0 Å². The SMILES string of the molecule is O=C(c1c[nH]c2ccccc12)C(c1c[nH]c2ccccc12)(c1c[nH]c2ccccc12)c1c[nH]c2ccccc12. The van der Waals surface area contributed by atoms with Gasteiger partial charge in [0.2, 0.25) is 0 Å². The summed E-state index contributed by atoms with van der Waals surface area (Å²) in [6.45, 7) is 0. The van der Waals surface area contributed by atoms with Crippen LogP contribution in [-0.2, 0) is 5.41 Å². The Morgan fingerprint density at radius 2 is 0.769 bits per heavy atom. The van der Waals surface area contributed by atoms with Gasteiger partial charge in [-0.25, -0.2) is 0 Å². The summed E-state index contributed by atoms with van der Waals surface area (Å²) in [6, 6.07) is 32.6. The first-order chi connectivity index (χ1) is 19.3. The number of aromatic amines is 4. The topological polar surface area (TPSA) is 80.2 Å². The van der Waals surface area contributed by atoms with E-state index in [4.69, 9.17) is 0 Å². The largest absolute Gasteiger partial charge is 0.361 e. The molecule has 0 radical (unpaired) electrons. The van der Waals surface area contributed by atoms with E-state index in [1.807, 2.05) is 85.5 Å². The number of Topliss-reactive ketones (excluding diaryl/α,β-unsaturated/α-hetero) is 1. The van der Waals surface area contributed by atoms with Crippen molar-refractivity contribution in [2.24, 2.45) is 0 Å². The zero-order chi connectivity index (χ0) is 26.0. The van der Waals surface area contributed by atoms with Gasteiger partial charge < -0.3 is 19.9 Å². The fourth-order valence-corrected chi connectivity index (χ4v) is 6.41. The number of aromatic nitrogens is 4. The molecule has 39 heavy (non-hydrogen) atoms. The summed E-state index contributed by atoms with van der Waals surface area (Å²) in [6.07, 6.45) is 7.91. The number of rotatable bonds is 5. The van der Waals surface area contributed by atoms with Crippen molar-refractivity contribution >= 4 is 49.4 Å². The van der Waals surface area contributed by atoms with Crippen LogP contribution in [0.3, 0.4) is 0 Å². The van der Waals surface area contributed by atoms with Gasteiger partial charge in [-0.05, 0) is 24.3 Å². The van der Waals surface area contributed by atoms with E-state index < -0.39 is 5.41 Å². The second-order valence-electron chi connectivity index (χ2n) is 10.1. The second kappa shape index (κ2) is 8.10. The molecule has 0 aliphatic rings. The van der Waals surface area contributed by atoms with Crippen LogP contribution in [0.15, 0.2) is 122 Å². The van der Waals surface area contributed by atoms with Crippen molar-refractivity contribution in [3.05, 3.63) is 144 Å². The Labute approximate surface area is 223 Å². The molecule has 0 saturated carbocycles. The minimum atomic E-state index is -1.16. The third-order valence-electron chi connectivity index (χ3n) is 8.15. The summed E-state index contributed by atoms with van der Waals surface area (Å²) in [7, 11) is 0. The van der Waals surface area contributed by atoms with Crippen LogP contribution < -0.4 is 0 Å². The quantitative estimate of drug-likeness (QED) is 0.177. The zero-order valence-corrected chi connectivity index (χ0v) is 21.0. The molecule has 0 aliphatic carbocycles. The summed E-state index contributed by atoms with van der Waals surface area (Å²) < 4.78 is 0. The maximum Gasteiger partial charge on any atom is 0.184 e. The van der Waals surface area contributed by atoms with Crippen LogP contribution in [0.2, 0.25) is 0 Å². The Morgan fingerprint density at radius 3 is 1.21 bits per heavy atom.